The molecule has 0 aromatic carbocycles. The van der Waals surface area contributed by atoms with Gasteiger partial charge in [0.15, 0.2) is 0 Å². The summed E-state index contributed by atoms with van der Waals surface area (Å²) in [6.07, 6.45) is 33.8. The van der Waals surface area contributed by atoms with Crippen LogP contribution in [0.5, 0.6) is 0 Å². The molecule has 0 aromatic heterocycles. The van der Waals surface area contributed by atoms with Gasteiger partial charge in [0.25, 0.3) is 0 Å². The lowest BCUT2D eigenvalue weighted by Crippen LogP contribution is -2.33. The molecule has 0 unspecified atom stereocenters. The fourth-order valence-electron chi connectivity index (χ4n) is 5.55. The lowest BCUT2D eigenvalue weighted by molar-refractivity contribution is -0.129. The van der Waals surface area contributed by atoms with Crippen LogP contribution in [0, 0.1) is 5.92 Å². The minimum Gasteiger partial charge on any atom is -0.356 e. The third kappa shape index (κ3) is 30.4. The highest BCUT2D eigenvalue weighted by Gasteiger charge is 2.21. The number of ketones is 1. The zero-order chi connectivity index (χ0) is 28.7. The summed E-state index contributed by atoms with van der Waals surface area (Å²) >= 11 is 0. The Balaban J connectivity index is 0. The highest BCUT2D eigenvalue weighted by molar-refractivity contribution is 5.86. The van der Waals surface area contributed by atoms with E-state index >= 15 is 0 Å². The van der Waals surface area contributed by atoms with E-state index in [2.05, 4.69) is 19.2 Å². The molecule has 0 rings (SSSR count). The molecule has 0 saturated heterocycles. The van der Waals surface area contributed by atoms with Crippen LogP contribution in [-0.2, 0) is 9.59 Å². The van der Waals surface area contributed by atoms with Crippen molar-refractivity contribution in [3.8, 4) is 0 Å². The molecule has 0 spiro atoms. The van der Waals surface area contributed by atoms with Gasteiger partial charge in [0.05, 0.1) is 0 Å². The van der Waals surface area contributed by atoms with Gasteiger partial charge in [0.1, 0.15) is 5.78 Å². The van der Waals surface area contributed by atoms with Crippen molar-refractivity contribution in [2.45, 2.75) is 194 Å². The molecule has 40 heavy (non-hydrogen) atoms. The average molecular weight is 587 g/mol. The van der Waals surface area contributed by atoms with Gasteiger partial charge in [-0.25, -0.2) is 0 Å². The number of rotatable bonds is 32. The summed E-state index contributed by atoms with van der Waals surface area (Å²) in [5.74, 6) is 0.181. The Morgan fingerprint density at radius 2 is 0.950 bits per heavy atom. The molecule has 240 valence electrons. The van der Waals surface area contributed by atoms with E-state index < -0.39 is 0 Å². The van der Waals surface area contributed by atoms with Gasteiger partial charge >= 0.3 is 0 Å². The molecule has 5 heteroatoms. The van der Waals surface area contributed by atoms with E-state index in [1.54, 1.807) is 0 Å². The predicted molar refractivity (Wildman–Crippen MR) is 178 cm³/mol. The van der Waals surface area contributed by atoms with Crippen molar-refractivity contribution >= 4 is 24.1 Å². The Morgan fingerprint density at radius 1 is 0.550 bits per heavy atom. The van der Waals surface area contributed by atoms with Crippen molar-refractivity contribution in [3.05, 3.63) is 0 Å². The smallest absolute Gasteiger partial charge is 0.223 e. The van der Waals surface area contributed by atoms with Gasteiger partial charge in [-0.1, -0.05) is 155 Å². The van der Waals surface area contributed by atoms with Crippen LogP contribution in [0.25, 0.3) is 0 Å². The lowest BCUT2D eigenvalue weighted by atomic mass is 9.93. The Bertz CT molecular complexity index is 530. The number of nitrogens with two attached hydrogens (primary N) is 1. The zero-order valence-corrected chi connectivity index (χ0v) is 27.9. The van der Waals surface area contributed by atoms with Crippen LogP contribution in [0.4, 0.5) is 0 Å². The van der Waals surface area contributed by atoms with Gasteiger partial charge in [-0.05, 0) is 32.2 Å². The summed E-state index contributed by atoms with van der Waals surface area (Å²) in [6, 6.07) is 0. The highest BCUT2D eigenvalue weighted by atomic mass is 35.5. The first kappa shape index (κ1) is 41.5. The van der Waals surface area contributed by atoms with E-state index in [0.717, 1.165) is 45.1 Å². The summed E-state index contributed by atoms with van der Waals surface area (Å²) in [7, 11) is 0. The molecule has 0 saturated carbocycles. The molecule has 3 N–H and O–H groups in total. The Labute approximate surface area is 257 Å². The van der Waals surface area contributed by atoms with E-state index in [1.807, 2.05) is 0 Å². The molecule has 0 fully saturated rings. The summed E-state index contributed by atoms with van der Waals surface area (Å²) in [4.78, 5) is 25.5. The van der Waals surface area contributed by atoms with Gasteiger partial charge < -0.3 is 11.1 Å². The highest BCUT2D eigenvalue weighted by Crippen LogP contribution is 2.18. The van der Waals surface area contributed by atoms with E-state index in [1.165, 1.54) is 128 Å². The quantitative estimate of drug-likeness (QED) is 0.0770. The first-order valence-electron chi connectivity index (χ1n) is 17.6. The molecule has 1 atom stereocenters. The summed E-state index contributed by atoms with van der Waals surface area (Å²) in [6.45, 7) is 5.94. The van der Waals surface area contributed by atoms with Crippen LogP contribution in [0.2, 0.25) is 0 Å². The number of hydrogen-bond donors (Lipinski definition) is 2. The fourth-order valence-corrected chi connectivity index (χ4v) is 5.55. The van der Waals surface area contributed by atoms with Crippen molar-refractivity contribution in [2.24, 2.45) is 11.7 Å². The second kappa shape index (κ2) is 34.6. The number of carbonyl (C=O) groups excluding carboxylic acids is 2. The molecule has 4 nitrogen and oxygen atoms in total. The monoisotopic (exact) mass is 587 g/mol. The van der Waals surface area contributed by atoms with Gasteiger partial charge in [-0.15, -0.1) is 12.4 Å². The molecule has 0 bridgehead atoms. The first-order chi connectivity index (χ1) is 19.2. The Kier molecular flexibility index (Phi) is 35.9. The Morgan fingerprint density at radius 3 is 1.38 bits per heavy atom. The fraction of sp³-hybridized carbons (Fsp3) is 0.943. The lowest BCUT2D eigenvalue weighted by Gasteiger charge is -2.16. The average Bonchev–Trinajstić information content (AvgIpc) is 2.93. The molecule has 0 aliphatic heterocycles. The maximum absolute atomic E-state index is 12.8. The van der Waals surface area contributed by atoms with Gasteiger partial charge in [-0.3, -0.25) is 9.59 Å². The van der Waals surface area contributed by atoms with Crippen LogP contribution < -0.4 is 11.1 Å². The van der Waals surface area contributed by atoms with Crippen LogP contribution in [-0.4, -0.2) is 24.8 Å². The molecule has 1 amide bonds. The van der Waals surface area contributed by atoms with Gasteiger partial charge in [-0.2, -0.15) is 0 Å². The number of unbranched alkanes of at least 4 members (excludes halogenated alkanes) is 22. The third-order valence-corrected chi connectivity index (χ3v) is 8.24. The number of nitrogens with one attached hydrogen (secondary N) is 1. The number of hydrogen-bond acceptors (Lipinski definition) is 3. The third-order valence-electron chi connectivity index (χ3n) is 8.24. The second-order valence-electron chi connectivity index (χ2n) is 12.2. The SMILES string of the molecule is CCCCCCCCCCCCCCCC(=O)C[C@H](CCCCN)C(=O)NCCCCCCCCCCCC.Cl. The van der Waals surface area contributed by atoms with Crippen LogP contribution in [0.1, 0.15) is 194 Å². The van der Waals surface area contributed by atoms with Crippen molar-refractivity contribution in [1.29, 1.82) is 0 Å². The number of carbonyl (C=O) groups is 2. The Hall–Kier alpha value is -0.610. The van der Waals surface area contributed by atoms with Crippen LogP contribution in [0.3, 0.4) is 0 Å². The summed E-state index contributed by atoms with van der Waals surface area (Å²) < 4.78 is 0. The summed E-state index contributed by atoms with van der Waals surface area (Å²) in [5, 5.41) is 3.14. The van der Waals surface area contributed by atoms with E-state index in [4.69, 9.17) is 5.73 Å². The minimum absolute atomic E-state index is 0. The topological polar surface area (TPSA) is 72.2 Å². The number of halogens is 1. The summed E-state index contributed by atoms with van der Waals surface area (Å²) in [5.41, 5.74) is 5.66. The molecule has 0 radical (unpaired) electrons. The molecule has 0 aromatic rings. The predicted octanol–water partition coefficient (Wildman–Crippen LogP) is 10.6. The maximum Gasteiger partial charge on any atom is 0.223 e. The van der Waals surface area contributed by atoms with Crippen molar-refractivity contribution in [1.82, 2.24) is 5.32 Å². The largest absolute Gasteiger partial charge is 0.356 e. The normalized spacial score (nSPS) is 11.8. The van der Waals surface area contributed by atoms with Crippen molar-refractivity contribution in [3.63, 3.8) is 0 Å². The molecule has 0 heterocycles. The first-order valence-corrected chi connectivity index (χ1v) is 17.6. The number of Topliss-reactive ketones (excluding diaryl/α,β-unsaturated/α-hetero) is 1. The zero-order valence-electron chi connectivity index (χ0n) is 27.1. The molecule has 0 aliphatic carbocycles. The van der Waals surface area contributed by atoms with E-state index in [0.29, 0.717) is 19.4 Å². The van der Waals surface area contributed by atoms with E-state index in [9.17, 15) is 9.59 Å². The standard InChI is InChI=1S/C35H70N2O2.ClH/c1-3-5-7-9-11-13-15-16-17-18-20-22-24-29-34(38)32-33(28-25-26-30-36)35(39)37-31-27-23-21-19-14-12-10-8-6-4-2;/h33H,3-32,36H2,1-2H3,(H,37,39);1H/t33-;/m0./s1. The molecule has 0 aliphatic rings. The van der Waals surface area contributed by atoms with Gasteiger partial charge in [0.2, 0.25) is 5.91 Å². The van der Waals surface area contributed by atoms with Crippen molar-refractivity contribution < 1.29 is 9.59 Å². The van der Waals surface area contributed by atoms with E-state index in [-0.39, 0.29) is 30.0 Å². The van der Waals surface area contributed by atoms with Crippen molar-refractivity contribution in [2.75, 3.05) is 13.1 Å². The number of amides is 1. The van der Waals surface area contributed by atoms with Crippen LogP contribution in [0.15, 0.2) is 0 Å². The van der Waals surface area contributed by atoms with Gasteiger partial charge in [0, 0.05) is 25.3 Å². The molecular weight excluding hydrogens is 516 g/mol. The second-order valence-corrected chi connectivity index (χ2v) is 12.2. The minimum atomic E-state index is -0.172. The maximum atomic E-state index is 12.8. The van der Waals surface area contributed by atoms with Crippen LogP contribution >= 0.6 is 12.4 Å². The molecular formula is C35H71ClN2O2.